The molecule has 0 spiro atoms. The first-order valence-corrected chi connectivity index (χ1v) is 6.93. The van der Waals surface area contributed by atoms with Crippen LogP contribution in [0.4, 0.5) is 0 Å². The van der Waals surface area contributed by atoms with Crippen molar-refractivity contribution in [3.63, 3.8) is 0 Å². The SMILES string of the molecule is CCC1(CNC(=O)c2csc(C(C)N)n2)CC1. The quantitative estimate of drug-likeness (QED) is 0.844. The van der Waals surface area contributed by atoms with E-state index in [-0.39, 0.29) is 11.9 Å². The Labute approximate surface area is 106 Å². The zero-order chi connectivity index (χ0) is 12.5. The zero-order valence-electron chi connectivity index (χ0n) is 10.3. The number of nitrogens with zero attached hydrogens (tertiary/aromatic N) is 1. The molecule has 0 aliphatic heterocycles. The standard InChI is InChI=1S/C12H19N3OS/c1-3-12(4-5-12)7-14-10(16)9-6-17-11(15-9)8(2)13/h6,8H,3-5,7,13H2,1-2H3,(H,14,16). The Bertz CT molecular complexity index is 410. The summed E-state index contributed by atoms with van der Waals surface area (Å²) in [4.78, 5) is 16.1. The summed E-state index contributed by atoms with van der Waals surface area (Å²) in [6, 6.07) is -0.105. The summed E-state index contributed by atoms with van der Waals surface area (Å²) in [5.74, 6) is -0.0760. The number of hydrogen-bond donors (Lipinski definition) is 2. The van der Waals surface area contributed by atoms with Crippen molar-refractivity contribution >= 4 is 17.2 Å². The minimum atomic E-state index is -0.105. The molecule has 1 amide bonds. The second kappa shape index (κ2) is 4.74. The molecule has 3 N–H and O–H groups in total. The van der Waals surface area contributed by atoms with Crippen molar-refractivity contribution in [2.45, 2.75) is 39.2 Å². The normalized spacial score (nSPS) is 18.8. The Kier molecular flexibility index (Phi) is 3.49. The van der Waals surface area contributed by atoms with Crippen LogP contribution in [0.5, 0.6) is 0 Å². The summed E-state index contributed by atoms with van der Waals surface area (Å²) in [7, 11) is 0. The third-order valence-corrected chi connectivity index (χ3v) is 4.52. The van der Waals surface area contributed by atoms with E-state index in [2.05, 4.69) is 17.2 Å². The van der Waals surface area contributed by atoms with Crippen molar-refractivity contribution in [1.29, 1.82) is 0 Å². The van der Waals surface area contributed by atoms with Crippen LogP contribution in [0.2, 0.25) is 0 Å². The first kappa shape index (κ1) is 12.5. The van der Waals surface area contributed by atoms with Crippen LogP contribution in [0.1, 0.15) is 54.6 Å². The molecule has 1 fully saturated rings. The fourth-order valence-electron chi connectivity index (χ4n) is 1.79. The van der Waals surface area contributed by atoms with Gasteiger partial charge in [-0.3, -0.25) is 4.79 Å². The number of hydrogen-bond acceptors (Lipinski definition) is 4. The van der Waals surface area contributed by atoms with E-state index in [1.807, 2.05) is 6.92 Å². The lowest BCUT2D eigenvalue weighted by molar-refractivity contribution is 0.0940. The number of amides is 1. The van der Waals surface area contributed by atoms with Gasteiger partial charge in [0.05, 0.1) is 6.04 Å². The van der Waals surface area contributed by atoms with Gasteiger partial charge in [-0.1, -0.05) is 6.92 Å². The molecule has 1 unspecified atom stereocenters. The van der Waals surface area contributed by atoms with Crippen LogP contribution in [-0.4, -0.2) is 17.4 Å². The van der Waals surface area contributed by atoms with Gasteiger partial charge in [0.1, 0.15) is 10.7 Å². The second-order valence-corrected chi connectivity index (χ2v) is 5.79. The van der Waals surface area contributed by atoms with E-state index in [1.165, 1.54) is 24.2 Å². The zero-order valence-corrected chi connectivity index (χ0v) is 11.1. The van der Waals surface area contributed by atoms with Crippen LogP contribution in [0.25, 0.3) is 0 Å². The summed E-state index contributed by atoms with van der Waals surface area (Å²) in [5.41, 5.74) is 6.58. The van der Waals surface area contributed by atoms with Gasteiger partial charge in [0.25, 0.3) is 5.91 Å². The molecule has 94 valence electrons. The van der Waals surface area contributed by atoms with Gasteiger partial charge in [-0.05, 0) is 31.6 Å². The molecular formula is C12H19N3OS. The van der Waals surface area contributed by atoms with Gasteiger partial charge in [0.2, 0.25) is 0 Å². The molecule has 1 heterocycles. The van der Waals surface area contributed by atoms with Gasteiger partial charge in [-0.15, -0.1) is 11.3 Å². The average molecular weight is 253 g/mol. The summed E-state index contributed by atoms with van der Waals surface area (Å²) >= 11 is 1.44. The maximum absolute atomic E-state index is 11.9. The molecule has 0 aromatic carbocycles. The molecule has 5 heteroatoms. The summed E-state index contributed by atoms with van der Waals surface area (Å²) < 4.78 is 0. The Morgan fingerprint density at radius 1 is 1.71 bits per heavy atom. The van der Waals surface area contributed by atoms with Gasteiger partial charge in [-0.25, -0.2) is 4.98 Å². The molecule has 17 heavy (non-hydrogen) atoms. The Morgan fingerprint density at radius 2 is 2.41 bits per heavy atom. The predicted octanol–water partition coefficient (Wildman–Crippen LogP) is 2.08. The first-order valence-electron chi connectivity index (χ1n) is 6.05. The Hall–Kier alpha value is -0.940. The van der Waals surface area contributed by atoms with Crippen LogP contribution < -0.4 is 11.1 Å². The lowest BCUT2D eigenvalue weighted by atomic mass is 10.0. The van der Waals surface area contributed by atoms with E-state index in [0.717, 1.165) is 18.0 Å². The lowest BCUT2D eigenvalue weighted by Crippen LogP contribution is -2.30. The highest BCUT2D eigenvalue weighted by Gasteiger charge is 2.40. The topological polar surface area (TPSA) is 68.0 Å². The molecule has 1 atom stereocenters. The highest BCUT2D eigenvalue weighted by Crippen LogP contribution is 2.47. The summed E-state index contributed by atoms with van der Waals surface area (Å²) in [6.07, 6.45) is 3.59. The minimum Gasteiger partial charge on any atom is -0.350 e. The van der Waals surface area contributed by atoms with Crippen molar-refractivity contribution in [3.05, 3.63) is 16.1 Å². The Balaban J connectivity index is 1.90. The van der Waals surface area contributed by atoms with Gasteiger partial charge >= 0.3 is 0 Å². The van der Waals surface area contributed by atoms with Crippen LogP contribution >= 0.6 is 11.3 Å². The highest BCUT2D eigenvalue weighted by molar-refractivity contribution is 7.09. The van der Waals surface area contributed by atoms with Gasteiger partial charge in [0.15, 0.2) is 0 Å². The maximum atomic E-state index is 11.9. The van der Waals surface area contributed by atoms with Crippen molar-refractivity contribution in [1.82, 2.24) is 10.3 Å². The number of nitrogens with one attached hydrogen (secondary N) is 1. The number of aromatic nitrogens is 1. The van der Waals surface area contributed by atoms with Crippen LogP contribution in [0.3, 0.4) is 0 Å². The van der Waals surface area contributed by atoms with E-state index >= 15 is 0 Å². The largest absolute Gasteiger partial charge is 0.350 e. The fourth-order valence-corrected chi connectivity index (χ4v) is 2.55. The smallest absolute Gasteiger partial charge is 0.270 e. The van der Waals surface area contributed by atoms with Crippen LogP contribution in [0.15, 0.2) is 5.38 Å². The van der Waals surface area contributed by atoms with E-state index in [1.54, 1.807) is 5.38 Å². The molecular weight excluding hydrogens is 234 g/mol. The summed E-state index contributed by atoms with van der Waals surface area (Å²) in [5, 5.41) is 5.56. The van der Waals surface area contributed by atoms with E-state index in [0.29, 0.717) is 11.1 Å². The predicted molar refractivity (Wildman–Crippen MR) is 69.0 cm³/mol. The second-order valence-electron chi connectivity index (χ2n) is 4.90. The molecule has 1 aromatic heterocycles. The van der Waals surface area contributed by atoms with Gasteiger partial charge < -0.3 is 11.1 Å². The van der Waals surface area contributed by atoms with E-state index in [9.17, 15) is 4.79 Å². The molecule has 0 bridgehead atoms. The number of rotatable bonds is 5. The number of thiazole rings is 1. The highest BCUT2D eigenvalue weighted by atomic mass is 32.1. The lowest BCUT2D eigenvalue weighted by Gasteiger charge is -2.12. The van der Waals surface area contributed by atoms with E-state index in [4.69, 9.17) is 5.73 Å². The first-order chi connectivity index (χ1) is 8.06. The molecule has 4 nitrogen and oxygen atoms in total. The maximum Gasteiger partial charge on any atom is 0.270 e. The summed E-state index contributed by atoms with van der Waals surface area (Å²) in [6.45, 7) is 4.82. The molecule has 1 aromatic rings. The number of carbonyl (C=O) groups is 1. The number of carbonyl (C=O) groups excluding carboxylic acids is 1. The molecule has 1 aliphatic carbocycles. The number of nitrogens with two attached hydrogens (primary N) is 1. The van der Waals surface area contributed by atoms with Crippen LogP contribution in [-0.2, 0) is 0 Å². The van der Waals surface area contributed by atoms with Crippen molar-refractivity contribution in [2.24, 2.45) is 11.1 Å². The molecule has 2 rings (SSSR count). The van der Waals surface area contributed by atoms with Crippen LogP contribution in [0, 0.1) is 5.41 Å². The van der Waals surface area contributed by atoms with Gasteiger partial charge in [0, 0.05) is 11.9 Å². The molecule has 1 aliphatic rings. The monoisotopic (exact) mass is 253 g/mol. The van der Waals surface area contributed by atoms with E-state index < -0.39 is 0 Å². The fraction of sp³-hybridized carbons (Fsp3) is 0.667. The third kappa shape index (κ3) is 2.84. The van der Waals surface area contributed by atoms with Crippen molar-refractivity contribution < 1.29 is 4.79 Å². The molecule has 0 radical (unpaired) electrons. The molecule has 1 saturated carbocycles. The van der Waals surface area contributed by atoms with Crippen molar-refractivity contribution in [2.75, 3.05) is 6.54 Å². The molecule has 0 saturated heterocycles. The third-order valence-electron chi connectivity index (χ3n) is 3.48. The van der Waals surface area contributed by atoms with Gasteiger partial charge in [-0.2, -0.15) is 0 Å². The Morgan fingerprint density at radius 3 is 2.88 bits per heavy atom. The van der Waals surface area contributed by atoms with Crippen molar-refractivity contribution in [3.8, 4) is 0 Å². The minimum absolute atomic E-state index is 0.0760. The average Bonchev–Trinajstić information content (AvgIpc) is 2.92.